The normalized spacial score (nSPS) is 12.8. The van der Waals surface area contributed by atoms with Crippen molar-refractivity contribution < 1.29 is 53.8 Å². The lowest BCUT2D eigenvalue weighted by atomic mass is 10.1. The Kier molecular flexibility index (Phi) is 8.42. The number of aldehydes is 1. The van der Waals surface area contributed by atoms with Crippen molar-refractivity contribution in [3.05, 3.63) is 50.7 Å². The minimum absolute atomic E-state index is 0.104. The van der Waals surface area contributed by atoms with Crippen molar-refractivity contribution in [3.8, 4) is 17.4 Å². The van der Waals surface area contributed by atoms with E-state index in [1.54, 1.807) is 0 Å². The van der Waals surface area contributed by atoms with Crippen molar-refractivity contribution in [2.75, 3.05) is 0 Å². The first kappa shape index (κ1) is 32.1. The van der Waals surface area contributed by atoms with Crippen LogP contribution in [0.15, 0.2) is 33.7 Å². The lowest BCUT2D eigenvalue weighted by molar-refractivity contribution is -0.291. The summed E-state index contributed by atoms with van der Waals surface area (Å²) in [6.07, 6.45) is -6.71. The number of aromatic hydroxyl groups is 1. The Morgan fingerprint density at radius 3 is 1.51 bits per heavy atom. The molecular formula is C19H12Br2F10N8O2. The Morgan fingerprint density at radius 1 is 0.732 bits per heavy atom. The molecule has 0 aliphatic heterocycles. The highest BCUT2D eigenvalue weighted by molar-refractivity contribution is 9.10. The zero-order valence-electron chi connectivity index (χ0n) is 19.9. The highest BCUT2D eigenvalue weighted by atomic mass is 79.9. The third kappa shape index (κ3) is 5.83. The van der Waals surface area contributed by atoms with Crippen LogP contribution in [0, 0.1) is 0 Å². The molecule has 41 heavy (non-hydrogen) atoms. The minimum atomic E-state index is -5.86. The number of rotatable bonds is 5. The van der Waals surface area contributed by atoms with E-state index in [-0.39, 0.29) is 12.1 Å². The van der Waals surface area contributed by atoms with Crippen LogP contribution in [0.5, 0.6) is 5.75 Å². The zero-order valence-corrected chi connectivity index (χ0v) is 23.0. The van der Waals surface area contributed by atoms with Gasteiger partial charge in [0, 0.05) is 26.5 Å². The molecule has 0 unspecified atom stereocenters. The molecule has 4 aromatic rings. The number of hydrogen-bond donors (Lipinski definition) is 1. The van der Waals surface area contributed by atoms with Gasteiger partial charge in [-0.1, -0.05) is 0 Å². The maximum absolute atomic E-state index is 13.4. The maximum Gasteiger partial charge on any atom is 0.459 e. The van der Waals surface area contributed by atoms with Crippen molar-refractivity contribution in [3.63, 3.8) is 0 Å². The Bertz CT molecular complexity index is 1570. The number of alkyl halides is 10. The second-order valence-corrected chi connectivity index (χ2v) is 9.65. The van der Waals surface area contributed by atoms with Gasteiger partial charge in [0.2, 0.25) is 0 Å². The summed E-state index contributed by atoms with van der Waals surface area (Å²) >= 11 is 6.08. The molecule has 10 nitrogen and oxygen atoms in total. The predicted octanol–water partition coefficient (Wildman–Crippen LogP) is 5.56. The predicted molar refractivity (Wildman–Crippen MR) is 123 cm³/mol. The van der Waals surface area contributed by atoms with Gasteiger partial charge in [0.25, 0.3) is 0 Å². The van der Waals surface area contributed by atoms with Crippen LogP contribution >= 0.6 is 31.9 Å². The van der Waals surface area contributed by atoms with Crippen LogP contribution in [0.1, 0.15) is 21.7 Å². The Morgan fingerprint density at radius 2 is 1.12 bits per heavy atom. The topological polar surface area (TPSA) is 109 Å². The van der Waals surface area contributed by atoms with Gasteiger partial charge in [-0.05, 0) is 31.9 Å². The van der Waals surface area contributed by atoms with Gasteiger partial charge in [-0.25, -0.2) is 18.7 Å². The molecule has 0 spiro atoms. The number of hydrogen-bond acceptors (Lipinski definition) is 6. The standard InChI is InChI=1S/C10H6BrF5N4O.C9H6BrF5N4O/c1-19-8(20-3-5(11)2-17-20)6(4-21)7(18-19)9(12,13)10(14,15)16;1-18-7(19-3-4(10)2-16-19)5(20)6(17-18)8(11,12)9(13,14)15/h2-4H,1H3;2-3,20H,1H3. The SMILES string of the molecule is Cn1nc(C(F)(F)C(F)(F)F)c(C=O)c1-n1cc(Br)cn1.Cn1nc(C(F)(F)C(F)(F)F)c(O)c1-n1cc(Br)cn1. The molecule has 0 bridgehead atoms. The molecule has 0 atom stereocenters. The summed E-state index contributed by atoms with van der Waals surface area (Å²) in [5.74, 6) is -12.5. The van der Waals surface area contributed by atoms with Crippen LogP contribution in [-0.2, 0) is 25.9 Å². The van der Waals surface area contributed by atoms with E-state index in [1.165, 1.54) is 24.8 Å². The van der Waals surface area contributed by atoms with E-state index in [2.05, 4.69) is 52.3 Å². The first-order valence-electron chi connectivity index (χ1n) is 10.2. The molecule has 0 fully saturated rings. The van der Waals surface area contributed by atoms with E-state index in [1.807, 2.05) is 0 Å². The van der Waals surface area contributed by atoms with Crippen LogP contribution < -0.4 is 0 Å². The van der Waals surface area contributed by atoms with E-state index in [0.29, 0.717) is 13.6 Å². The van der Waals surface area contributed by atoms with Crippen LogP contribution in [0.2, 0.25) is 0 Å². The molecular weight excluding hydrogens is 722 g/mol. The van der Waals surface area contributed by atoms with Gasteiger partial charge in [-0.3, -0.25) is 4.79 Å². The lowest BCUT2D eigenvalue weighted by Crippen LogP contribution is -2.35. The molecule has 224 valence electrons. The number of halogens is 12. The molecule has 0 aromatic carbocycles. The minimum Gasteiger partial charge on any atom is -0.503 e. The second-order valence-electron chi connectivity index (χ2n) is 7.82. The summed E-state index contributed by atoms with van der Waals surface area (Å²) in [6, 6.07) is 0. The molecule has 22 heteroatoms. The summed E-state index contributed by atoms with van der Waals surface area (Å²) in [4.78, 5) is 11.0. The van der Waals surface area contributed by atoms with E-state index < -0.39 is 52.7 Å². The zero-order chi connectivity index (χ0) is 31.3. The van der Waals surface area contributed by atoms with E-state index in [4.69, 9.17) is 0 Å². The lowest BCUT2D eigenvalue weighted by Gasteiger charge is -2.17. The third-order valence-electron chi connectivity index (χ3n) is 5.01. The number of aryl methyl sites for hydroxylation is 2. The van der Waals surface area contributed by atoms with Gasteiger partial charge in [0.1, 0.15) is 0 Å². The van der Waals surface area contributed by atoms with E-state index >= 15 is 0 Å². The molecule has 0 aliphatic rings. The molecule has 4 aromatic heterocycles. The molecule has 1 N–H and O–H groups in total. The second kappa shape index (κ2) is 10.8. The summed E-state index contributed by atoms with van der Waals surface area (Å²) in [5.41, 5.74) is -4.31. The number of aromatic nitrogens is 8. The van der Waals surface area contributed by atoms with Gasteiger partial charge in [0.15, 0.2) is 35.1 Å². The average molecular weight is 734 g/mol. The van der Waals surface area contributed by atoms with E-state index in [0.717, 1.165) is 28.1 Å². The molecule has 0 saturated heterocycles. The summed E-state index contributed by atoms with van der Waals surface area (Å²) < 4.78 is 132. The summed E-state index contributed by atoms with van der Waals surface area (Å²) in [6.45, 7) is 0. The number of carbonyl (C=O) groups excluding carboxylic acids is 1. The van der Waals surface area contributed by atoms with Crippen molar-refractivity contribution in [2.45, 2.75) is 24.2 Å². The fourth-order valence-electron chi connectivity index (χ4n) is 3.22. The van der Waals surface area contributed by atoms with Gasteiger partial charge in [-0.15, -0.1) is 0 Å². The van der Waals surface area contributed by atoms with Crippen molar-refractivity contribution in [2.24, 2.45) is 14.1 Å². The van der Waals surface area contributed by atoms with Gasteiger partial charge in [0.05, 0.1) is 26.9 Å². The molecule has 4 rings (SSSR count). The quantitative estimate of drug-likeness (QED) is 0.213. The molecule has 0 saturated carbocycles. The first-order chi connectivity index (χ1) is 18.6. The first-order valence-corrected chi connectivity index (χ1v) is 11.8. The van der Waals surface area contributed by atoms with Crippen molar-refractivity contribution >= 4 is 38.1 Å². The van der Waals surface area contributed by atoms with Crippen LogP contribution in [0.3, 0.4) is 0 Å². The van der Waals surface area contributed by atoms with Crippen molar-refractivity contribution in [1.82, 2.24) is 39.1 Å². The summed E-state index contributed by atoms with van der Waals surface area (Å²) in [5, 5.41) is 23.3. The Labute approximate surface area is 237 Å². The highest BCUT2D eigenvalue weighted by Crippen LogP contribution is 2.48. The Hall–Kier alpha value is -3.43. The number of carbonyl (C=O) groups is 1. The Balaban J connectivity index is 0.000000226. The van der Waals surface area contributed by atoms with Crippen LogP contribution in [0.4, 0.5) is 43.9 Å². The van der Waals surface area contributed by atoms with Crippen molar-refractivity contribution in [1.29, 1.82) is 0 Å². The van der Waals surface area contributed by atoms with Crippen LogP contribution in [-0.4, -0.2) is 62.9 Å². The molecule has 4 heterocycles. The van der Waals surface area contributed by atoms with Gasteiger partial charge in [-0.2, -0.15) is 64.3 Å². The van der Waals surface area contributed by atoms with Gasteiger partial charge >= 0.3 is 24.2 Å². The fourth-order valence-corrected chi connectivity index (χ4v) is 3.79. The molecule has 0 aliphatic carbocycles. The fraction of sp³-hybridized carbons (Fsp3) is 0.316. The smallest absolute Gasteiger partial charge is 0.459 e. The number of nitrogens with zero attached hydrogens (tertiary/aromatic N) is 8. The third-order valence-corrected chi connectivity index (χ3v) is 5.83. The van der Waals surface area contributed by atoms with Crippen LogP contribution in [0.25, 0.3) is 11.6 Å². The maximum atomic E-state index is 13.4. The summed E-state index contributed by atoms with van der Waals surface area (Å²) in [7, 11) is 2.24. The molecule has 0 radical (unpaired) electrons. The average Bonchev–Trinajstić information content (AvgIpc) is 3.59. The monoisotopic (exact) mass is 732 g/mol. The van der Waals surface area contributed by atoms with E-state index in [9.17, 15) is 53.8 Å². The molecule has 0 amide bonds. The van der Waals surface area contributed by atoms with Gasteiger partial charge < -0.3 is 5.11 Å². The largest absolute Gasteiger partial charge is 0.503 e. The highest BCUT2D eigenvalue weighted by Gasteiger charge is 2.63.